The largest absolute Gasteiger partial charge is 0.486 e. The van der Waals surface area contributed by atoms with Crippen molar-refractivity contribution in [3.63, 3.8) is 0 Å². The average molecular weight is 407 g/mol. The van der Waals surface area contributed by atoms with Gasteiger partial charge in [-0.1, -0.05) is 29.3 Å². The number of rotatable bonds is 3. The molecule has 0 saturated carbocycles. The Morgan fingerprint density at radius 2 is 1.85 bits per heavy atom. The highest BCUT2D eigenvalue weighted by Gasteiger charge is 2.16. The molecule has 1 amide bonds. The van der Waals surface area contributed by atoms with E-state index >= 15 is 0 Å². The van der Waals surface area contributed by atoms with Crippen molar-refractivity contribution >= 4 is 45.6 Å². The number of carbonyl (C=O) groups excluding carboxylic acids is 1. The van der Waals surface area contributed by atoms with E-state index in [0.29, 0.717) is 51.1 Å². The van der Waals surface area contributed by atoms with Gasteiger partial charge in [0.25, 0.3) is 5.91 Å². The van der Waals surface area contributed by atoms with Gasteiger partial charge >= 0.3 is 0 Å². The zero-order chi connectivity index (χ0) is 18.1. The number of nitrogens with one attached hydrogen (secondary N) is 1. The van der Waals surface area contributed by atoms with Gasteiger partial charge in [0, 0.05) is 16.5 Å². The number of ether oxygens (including phenoxy) is 2. The number of fused-ring (bicyclic) bond motifs is 1. The molecule has 1 aromatic heterocycles. The number of hydrogen-bond donors (Lipinski definition) is 1. The van der Waals surface area contributed by atoms with Crippen LogP contribution in [-0.2, 0) is 0 Å². The van der Waals surface area contributed by atoms with Crippen LogP contribution in [0.3, 0.4) is 0 Å². The van der Waals surface area contributed by atoms with Crippen LogP contribution in [0.15, 0.2) is 41.8 Å². The second kappa shape index (κ2) is 7.15. The zero-order valence-corrected chi connectivity index (χ0v) is 15.6. The third-order valence-electron chi connectivity index (χ3n) is 3.74. The summed E-state index contributed by atoms with van der Waals surface area (Å²) >= 11 is 13.3. The summed E-state index contributed by atoms with van der Waals surface area (Å²) < 4.78 is 11.0. The number of hydrogen-bond acceptors (Lipinski definition) is 5. The van der Waals surface area contributed by atoms with Gasteiger partial charge in [0.1, 0.15) is 13.2 Å². The number of carbonyl (C=O) groups is 1. The van der Waals surface area contributed by atoms with Gasteiger partial charge in [0.2, 0.25) is 0 Å². The zero-order valence-electron chi connectivity index (χ0n) is 13.3. The minimum Gasteiger partial charge on any atom is -0.486 e. The smallest absolute Gasteiger partial charge is 0.257 e. The number of amides is 1. The summed E-state index contributed by atoms with van der Waals surface area (Å²) in [6.07, 6.45) is 0. The van der Waals surface area contributed by atoms with E-state index in [1.165, 1.54) is 11.3 Å². The lowest BCUT2D eigenvalue weighted by atomic mass is 10.2. The highest BCUT2D eigenvalue weighted by atomic mass is 35.5. The first-order chi connectivity index (χ1) is 12.6. The summed E-state index contributed by atoms with van der Waals surface area (Å²) in [7, 11) is 0. The van der Waals surface area contributed by atoms with Crippen LogP contribution in [0.5, 0.6) is 11.5 Å². The van der Waals surface area contributed by atoms with Crippen molar-refractivity contribution in [2.24, 2.45) is 0 Å². The summed E-state index contributed by atoms with van der Waals surface area (Å²) in [6.45, 7) is 0.979. The topological polar surface area (TPSA) is 60.5 Å². The van der Waals surface area contributed by atoms with E-state index in [1.54, 1.807) is 30.3 Å². The Morgan fingerprint density at radius 1 is 1.04 bits per heavy atom. The number of thiazole rings is 1. The molecule has 0 unspecified atom stereocenters. The van der Waals surface area contributed by atoms with Gasteiger partial charge in [-0.2, -0.15) is 0 Å². The van der Waals surface area contributed by atoms with Crippen molar-refractivity contribution in [2.45, 2.75) is 0 Å². The fourth-order valence-electron chi connectivity index (χ4n) is 2.47. The first-order valence-corrected chi connectivity index (χ1v) is 9.36. The Kier molecular flexibility index (Phi) is 4.72. The lowest BCUT2D eigenvalue weighted by molar-refractivity contribution is 0.102. The molecule has 0 fully saturated rings. The van der Waals surface area contributed by atoms with Crippen LogP contribution < -0.4 is 14.8 Å². The number of halogens is 2. The molecule has 2 aromatic carbocycles. The molecule has 0 radical (unpaired) electrons. The van der Waals surface area contributed by atoms with E-state index in [0.717, 1.165) is 5.56 Å². The van der Waals surface area contributed by atoms with Crippen molar-refractivity contribution in [1.29, 1.82) is 0 Å². The van der Waals surface area contributed by atoms with Gasteiger partial charge in [-0.25, -0.2) is 4.98 Å². The van der Waals surface area contributed by atoms with Crippen molar-refractivity contribution in [1.82, 2.24) is 4.98 Å². The second-order valence-electron chi connectivity index (χ2n) is 5.48. The summed E-state index contributed by atoms with van der Waals surface area (Å²) in [4.78, 5) is 16.9. The number of anilines is 1. The lowest BCUT2D eigenvalue weighted by Crippen LogP contribution is -2.17. The molecule has 26 heavy (non-hydrogen) atoms. The predicted molar refractivity (Wildman–Crippen MR) is 103 cm³/mol. The molecule has 0 spiro atoms. The van der Waals surface area contributed by atoms with Gasteiger partial charge in [-0.05, 0) is 30.3 Å². The van der Waals surface area contributed by atoms with E-state index in [9.17, 15) is 4.79 Å². The van der Waals surface area contributed by atoms with Crippen molar-refractivity contribution in [3.8, 4) is 22.8 Å². The van der Waals surface area contributed by atoms with Crippen LogP contribution in [0.25, 0.3) is 11.3 Å². The van der Waals surface area contributed by atoms with E-state index in [-0.39, 0.29) is 5.91 Å². The highest BCUT2D eigenvalue weighted by Crippen LogP contribution is 2.32. The first-order valence-electron chi connectivity index (χ1n) is 7.72. The van der Waals surface area contributed by atoms with Gasteiger partial charge in [-0.3, -0.25) is 10.1 Å². The van der Waals surface area contributed by atoms with Gasteiger partial charge in [0.05, 0.1) is 15.7 Å². The number of nitrogens with zero attached hydrogens (tertiary/aromatic N) is 1. The van der Waals surface area contributed by atoms with E-state index in [1.807, 2.05) is 11.4 Å². The summed E-state index contributed by atoms with van der Waals surface area (Å²) in [6, 6.07) is 10.4. The molecule has 5 nitrogen and oxygen atoms in total. The third-order valence-corrected chi connectivity index (χ3v) is 5.24. The summed E-state index contributed by atoms with van der Waals surface area (Å²) in [5, 5.41) is 6.07. The lowest BCUT2D eigenvalue weighted by Gasteiger charge is -2.18. The van der Waals surface area contributed by atoms with Gasteiger partial charge in [-0.15, -0.1) is 11.3 Å². The quantitative estimate of drug-likeness (QED) is 0.653. The molecule has 1 aliphatic heterocycles. The maximum Gasteiger partial charge on any atom is 0.257 e. The second-order valence-corrected chi connectivity index (χ2v) is 7.15. The molecule has 1 aliphatic rings. The standard InChI is InChI=1S/C18H12Cl2N2O3S/c19-12-3-1-10(7-13(12)20)14-9-26-18(21-14)22-17(23)11-2-4-15-16(8-11)25-6-5-24-15/h1-4,7-9H,5-6H2,(H,21,22,23). The van der Waals surface area contributed by atoms with Crippen LogP contribution in [0.2, 0.25) is 10.0 Å². The van der Waals surface area contributed by atoms with Crippen LogP contribution in [-0.4, -0.2) is 24.1 Å². The Balaban J connectivity index is 1.52. The first kappa shape index (κ1) is 17.1. The Labute approximate surface area is 163 Å². The van der Waals surface area contributed by atoms with E-state index < -0.39 is 0 Å². The third kappa shape index (κ3) is 3.49. The van der Waals surface area contributed by atoms with E-state index in [2.05, 4.69) is 10.3 Å². The molecule has 3 aromatic rings. The Hall–Kier alpha value is -2.28. The molecule has 1 N–H and O–H groups in total. The molecule has 4 rings (SSSR count). The van der Waals surface area contributed by atoms with Crippen LogP contribution in [0, 0.1) is 0 Å². The minimum absolute atomic E-state index is 0.267. The highest BCUT2D eigenvalue weighted by molar-refractivity contribution is 7.14. The fourth-order valence-corrected chi connectivity index (χ4v) is 3.49. The molecular formula is C18H12Cl2N2O3S. The molecule has 0 saturated heterocycles. The fraction of sp³-hybridized carbons (Fsp3) is 0.111. The molecule has 0 bridgehead atoms. The van der Waals surface area contributed by atoms with Gasteiger partial charge < -0.3 is 9.47 Å². The Morgan fingerprint density at radius 3 is 2.65 bits per heavy atom. The normalized spacial score (nSPS) is 12.7. The average Bonchev–Trinajstić information content (AvgIpc) is 3.12. The molecule has 0 aliphatic carbocycles. The molecule has 8 heteroatoms. The van der Waals surface area contributed by atoms with Crippen molar-refractivity contribution in [3.05, 3.63) is 57.4 Å². The SMILES string of the molecule is O=C(Nc1nc(-c2ccc(Cl)c(Cl)c2)cs1)c1ccc2c(c1)OCCO2. The Bertz CT molecular complexity index is 990. The molecule has 2 heterocycles. The van der Waals surface area contributed by atoms with Crippen molar-refractivity contribution in [2.75, 3.05) is 18.5 Å². The number of aromatic nitrogens is 1. The predicted octanol–water partition coefficient (Wildman–Crippen LogP) is 5.14. The maximum absolute atomic E-state index is 12.5. The van der Waals surface area contributed by atoms with Gasteiger partial charge in [0.15, 0.2) is 16.6 Å². The van der Waals surface area contributed by atoms with Crippen LogP contribution in [0.1, 0.15) is 10.4 Å². The monoisotopic (exact) mass is 406 g/mol. The van der Waals surface area contributed by atoms with Crippen LogP contribution in [0.4, 0.5) is 5.13 Å². The molecule has 0 atom stereocenters. The van der Waals surface area contributed by atoms with Crippen molar-refractivity contribution < 1.29 is 14.3 Å². The minimum atomic E-state index is -0.267. The van der Waals surface area contributed by atoms with Crippen LogP contribution >= 0.6 is 34.5 Å². The summed E-state index contributed by atoms with van der Waals surface area (Å²) in [5.74, 6) is 0.945. The molecule has 132 valence electrons. The molecular weight excluding hydrogens is 395 g/mol. The number of benzene rings is 2. The van der Waals surface area contributed by atoms with E-state index in [4.69, 9.17) is 32.7 Å². The maximum atomic E-state index is 12.5. The summed E-state index contributed by atoms with van der Waals surface area (Å²) in [5.41, 5.74) is 2.02.